The van der Waals surface area contributed by atoms with Gasteiger partial charge in [0.25, 0.3) is 0 Å². The number of fused-ring (bicyclic) bond motifs is 7. The molecule has 0 saturated carbocycles. The molecule has 1 unspecified atom stereocenters. The second kappa shape index (κ2) is 12.6. The Morgan fingerprint density at radius 2 is 0.873 bits per heavy atom. The largest absolute Gasteiger partial charge is 0.359 e. The van der Waals surface area contributed by atoms with E-state index in [-0.39, 0.29) is 6.17 Å². The van der Waals surface area contributed by atoms with Crippen LogP contribution in [0.1, 0.15) is 11.7 Å². The van der Waals surface area contributed by atoms with E-state index in [0.29, 0.717) is 17.5 Å². The van der Waals surface area contributed by atoms with Crippen LogP contribution in [0.25, 0.3) is 77.3 Å². The van der Waals surface area contributed by atoms with Gasteiger partial charge in [0.2, 0.25) is 0 Å². The molecular weight excluding hydrogens is 671 g/mol. The highest BCUT2D eigenvalue weighted by atomic mass is 15.3. The van der Waals surface area contributed by atoms with Crippen LogP contribution in [-0.4, -0.2) is 15.0 Å². The van der Waals surface area contributed by atoms with Gasteiger partial charge in [-0.2, -0.15) is 0 Å². The fraction of sp³-hybridized carbons (Fsp3) is 0.0200. The number of para-hydroxylation sites is 1. The highest BCUT2D eigenvalue weighted by Crippen LogP contribution is 2.51. The van der Waals surface area contributed by atoms with E-state index in [1.165, 1.54) is 27.1 Å². The van der Waals surface area contributed by atoms with Crippen molar-refractivity contribution in [1.82, 2.24) is 15.0 Å². The molecule has 10 aromatic rings. The van der Waals surface area contributed by atoms with Gasteiger partial charge in [-0.3, -0.25) is 0 Å². The number of aromatic nitrogens is 3. The monoisotopic (exact) mass is 703 g/mol. The summed E-state index contributed by atoms with van der Waals surface area (Å²) in [5.74, 6) is 1.92. The topological polar surface area (TPSA) is 53.9 Å². The third-order valence-corrected chi connectivity index (χ3v) is 10.8. The van der Waals surface area contributed by atoms with Crippen LogP contribution in [0.15, 0.2) is 188 Å². The number of benzene rings is 9. The van der Waals surface area contributed by atoms with Gasteiger partial charge >= 0.3 is 0 Å². The van der Waals surface area contributed by atoms with Gasteiger partial charge in [-0.1, -0.05) is 152 Å². The molecule has 0 radical (unpaired) electrons. The molecule has 1 aliphatic heterocycles. The maximum atomic E-state index is 5.20. The molecule has 0 amide bonds. The van der Waals surface area contributed by atoms with Crippen molar-refractivity contribution in [3.05, 3.63) is 194 Å². The van der Waals surface area contributed by atoms with Crippen LogP contribution in [0.3, 0.4) is 0 Å². The third-order valence-electron chi connectivity index (χ3n) is 10.8. The second-order valence-electron chi connectivity index (χ2n) is 14.2. The van der Waals surface area contributed by atoms with Crippen LogP contribution in [0.4, 0.5) is 17.1 Å². The number of nitrogens with zero attached hydrogens (tertiary/aromatic N) is 4. The lowest BCUT2D eigenvalue weighted by molar-refractivity contribution is 0.830. The highest BCUT2D eigenvalue weighted by molar-refractivity contribution is 6.18. The predicted octanol–water partition coefficient (Wildman–Crippen LogP) is 12.7. The van der Waals surface area contributed by atoms with Crippen molar-refractivity contribution in [2.75, 3.05) is 10.2 Å². The summed E-state index contributed by atoms with van der Waals surface area (Å²) >= 11 is 0. The van der Waals surface area contributed by atoms with E-state index in [1.807, 2.05) is 0 Å². The predicted molar refractivity (Wildman–Crippen MR) is 228 cm³/mol. The highest BCUT2D eigenvalue weighted by Gasteiger charge is 2.33. The fourth-order valence-corrected chi connectivity index (χ4v) is 8.13. The van der Waals surface area contributed by atoms with Gasteiger partial charge in [0.1, 0.15) is 6.17 Å². The average Bonchev–Trinajstić information content (AvgIpc) is 3.66. The van der Waals surface area contributed by atoms with Gasteiger partial charge in [0.05, 0.1) is 11.4 Å². The molecule has 1 aliphatic rings. The summed E-state index contributed by atoms with van der Waals surface area (Å²) in [5, 5.41) is 13.2. The third kappa shape index (κ3) is 5.36. The van der Waals surface area contributed by atoms with Gasteiger partial charge < -0.3 is 10.2 Å². The van der Waals surface area contributed by atoms with E-state index in [1.54, 1.807) is 0 Å². The average molecular weight is 704 g/mol. The van der Waals surface area contributed by atoms with Crippen molar-refractivity contribution in [1.29, 1.82) is 0 Å². The molecule has 1 atom stereocenters. The first kappa shape index (κ1) is 31.2. The molecule has 0 spiro atoms. The minimum Gasteiger partial charge on any atom is -0.359 e. The van der Waals surface area contributed by atoms with E-state index >= 15 is 0 Å². The molecule has 1 N–H and O–H groups in total. The van der Waals surface area contributed by atoms with Crippen molar-refractivity contribution in [2.45, 2.75) is 6.17 Å². The van der Waals surface area contributed by atoms with E-state index in [9.17, 15) is 0 Å². The summed E-state index contributed by atoms with van der Waals surface area (Å²) in [5.41, 5.74) is 7.41. The lowest BCUT2D eigenvalue weighted by atomic mass is 9.97. The first-order chi connectivity index (χ1) is 27.2. The fourth-order valence-electron chi connectivity index (χ4n) is 8.13. The molecule has 55 heavy (non-hydrogen) atoms. The Bertz CT molecular complexity index is 2990. The van der Waals surface area contributed by atoms with Gasteiger partial charge in [-0.15, -0.1) is 0 Å². The van der Waals surface area contributed by atoms with Crippen LogP contribution in [0.5, 0.6) is 0 Å². The van der Waals surface area contributed by atoms with E-state index in [0.717, 1.165) is 55.3 Å². The number of rotatable bonds is 5. The zero-order chi connectivity index (χ0) is 36.3. The summed E-state index contributed by atoms with van der Waals surface area (Å²) < 4.78 is 0. The lowest BCUT2D eigenvalue weighted by Crippen LogP contribution is -2.23. The maximum absolute atomic E-state index is 5.20. The quantitative estimate of drug-likeness (QED) is 0.181. The van der Waals surface area contributed by atoms with Crippen molar-refractivity contribution in [2.24, 2.45) is 0 Å². The summed E-state index contributed by atoms with van der Waals surface area (Å²) in [6.45, 7) is 0. The van der Waals surface area contributed by atoms with E-state index in [2.05, 4.69) is 198 Å². The molecule has 5 nitrogen and oxygen atoms in total. The van der Waals surface area contributed by atoms with Gasteiger partial charge in [0.15, 0.2) is 17.5 Å². The SMILES string of the molecule is c1ccc(C2Nc3ccc4ccc5ccc(-c6nc(-c7ccc8ccccc8c7)nc(-c7ccc8ccccc8c7)n6)cc5c4c3N2c2ccccc2)cc1. The number of hydrogen-bond acceptors (Lipinski definition) is 5. The Morgan fingerprint density at radius 3 is 1.49 bits per heavy atom. The molecule has 258 valence electrons. The molecular formula is C50H33N5. The zero-order valence-electron chi connectivity index (χ0n) is 29.8. The molecule has 0 fully saturated rings. The molecule has 0 saturated heterocycles. The Balaban J connectivity index is 1.13. The maximum Gasteiger partial charge on any atom is 0.164 e. The van der Waals surface area contributed by atoms with Crippen molar-refractivity contribution < 1.29 is 0 Å². The molecule has 5 heteroatoms. The number of nitrogens with one attached hydrogen (secondary N) is 1. The normalized spacial score (nSPS) is 13.7. The van der Waals surface area contributed by atoms with Crippen molar-refractivity contribution in [3.63, 3.8) is 0 Å². The molecule has 9 aromatic carbocycles. The van der Waals surface area contributed by atoms with Gasteiger partial charge in [-0.25, -0.2) is 15.0 Å². The van der Waals surface area contributed by atoms with Crippen molar-refractivity contribution >= 4 is 60.2 Å². The van der Waals surface area contributed by atoms with E-state index in [4.69, 9.17) is 15.0 Å². The lowest BCUT2D eigenvalue weighted by Gasteiger charge is -2.28. The summed E-state index contributed by atoms with van der Waals surface area (Å²) in [7, 11) is 0. The van der Waals surface area contributed by atoms with Crippen LogP contribution in [0, 0.1) is 0 Å². The summed E-state index contributed by atoms with van der Waals surface area (Å²) in [6.07, 6.45) is -0.0693. The minimum absolute atomic E-state index is 0.0693. The Labute approximate surface area is 318 Å². The standard InChI is InChI=1S/C50H33N5/c1-3-13-36(14-4-1)50-51-44-28-27-35-23-21-34-22-26-41(31-43(34)45(35)46(44)55(50)42-17-5-2-6-18-42)49-53-47(39-24-19-32-11-7-9-15-37(32)29-39)52-48(54-49)40-25-20-33-12-8-10-16-38(33)30-40/h1-31,50-51H. The Kier molecular flexibility index (Phi) is 7.17. The number of hydrogen-bond donors (Lipinski definition) is 1. The van der Waals surface area contributed by atoms with Crippen LogP contribution in [-0.2, 0) is 0 Å². The summed E-state index contributed by atoms with van der Waals surface area (Å²) in [6, 6.07) is 66.5. The minimum atomic E-state index is -0.0693. The smallest absolute Gasteiger partial charge is 0.164 e. The second-order valence-corrected chi connectivity index (χ2v) is 14.2. The first-order valence-electron chi connectivity index (χ1n) is 18.6. The van der Waals surface area contributed by atoms with Gasteiger partial charge in [0, 0.05) is 27.8 Å². The van der Waals surface area contributed by atoms with Crippen molar-refractivity contribution in [3.8, 4) is 34.2 Å². The Hall–Kier alpha value is -7.37. The van der Waals surface area contributed by atoms with E-state index < -0.39 is 0 Å². The molecule has 0 aliphatic carbocycles. The first-order valence-corrected chi connectivity index (χ1v) is 18.6. The Morgan fingerprint density at radius 1 is 0.400 bits per heavy atom. The van der Waals surface area contributed by atoms with Gasteiger partial charge in [-0.05, 0) is 79.7 Å². The van der Waals surface area contributed by atoms with Crippen LogP contribution < -0.4 is 10.2 Å². The van der Waals surface area contributed by atoms with Crippen LogP contribution in [0.2, 0.25) is 0 Å². The molecule has 0 bridgehead atoms. The molecule has 1 aromatic heterocycles. The zero-order valence-corrected chi connectivity index (χ0v) is 29.8. The summed E-state index contributed by atoms with van der Waals surface area (Å²) in [4.78, 5) is 18.0. The number of anilines is 3. The van der Waals surface area contributed by atoms with Crippen LogP contribution >= 0.6 is 0 Å². The molecule has 11 rings (SSSR count). The molecule has 2 heterocycles.